The molecule has 0 bridgehead atoms. The van der Waals surface area contributed by atoms with E-state index in [0.717, 1.165) is 24.3 Å². The first kappa shape index (κ1) is 13.5. The number of thiophene rings is 1. The van der Waals surface area contributed by atoms with E-state index in [4.69, 9.17) is 0 Å². The molecule has 1 amide bonds. The Balaban J connectivity index is 1.50. The van der Waals surface area contributed by atoms with Gasteiger partial charge in [-0.25, -0.2) is 0 Å². The molecule has 1 aliphatic carbocycles. The fourth-order valence-electron chi connectivity index (χ4n) is 2.57. The summed E-state index contributed by atoms with van der Waals surface area (Å²) in [5, 5.41) is 13.1. The first-order valence-electron chi connectivity index (χ1n) is 6.72. The molecule has 1 aliphatic heterocycles. The largest absolute Gasteiger partial charge is 0.387 e. The second kappa shape index (κ2) is 5.11. The number of carbonyl (C=O) groups is 1. The summed E-state index contributed by atoms with van der Waals surface area (Å²) in [5.41, 5.74) is -0.676. The van der Waals surface area contributed by atoms with Crippen LogP contribution in [-0.2, 0) is 4.79 Å². The predicted octanol–water partition coefficient (Wildman–Crippen LogP) is 2.14. The quantitative estimate of drug-likeness (QED) is 0.895. The molecule has 3 rings (SSSR count). The van der Waals surface area contributed by atoms with Crippen molar-refractivity contribution < 1.29 is 9.90 Å². The van der Waals surface area contributed by atoms with Gasteiger partial charge in [0, 0.05) is 33.9 Å². The van der Waals surface area contributed by atoms with E-state index in [1.165, 1.54) is 9.75 Å². The van der Waals surface area contributed by atoms with Gasteiger partial charge in [-0.15, -0.1) is 11.3 Å². The zero-order valence-electron chi connectivity index (χ0n) is 11.0. The van der Waals surface area contributed by atoms with Gasteiger partial charge in [-0.3, -0.25) is 4.79 Å². The molecule has 104 valence electrons. The Morgan fingerprint density at radius 1 is 1.58 bits per heavy atom. The molecule has 3 atom stereocenters. The molecule has 0 aromatic carbocycles. The molecule has 1 aromatic rings. The van der Waals surface area contributed by atoms with Gasteiger partial charge in [0.15, 0.2) is 0 Å². The topological polar surface area (TPSA) is 49.3 Å². The van der Waals surface area contributed by atoms with Gasteiger partial charge < -0.3 is 10.4 Å². The third kappa shape index (κ3) is 2.98. The highest BCUT2D eigenvalue weighted by molar-refractivity contribution is 7.99. The summed E-state index contributed by atoms with van der Waals surface area (Å²) in [6.07, 6.45) is 1.75. The first-order valence-corrected chi connectivity index (χ1v) is 8.69. The number of hydrogen-bond acceptors (Lipinski definition) is 4. The normalized spacial score (nSPS) is 33.4. The van der Waals surface area contributed by atoms with Crippen LogP contribution in [0.1, 0.15) is 28.5 Å². The maximum absolute atomic E-state index is 12.1. The summed E-state index contributed by atoms with van der Waals surface area (Å²) in [6, 6.07) is 4.25. The van der Waals surface area contributed by atoms with Crippen LogP contribution in [-0.4, -0.2) is 34.7 Å². The van der Waals surface area contributed by atoms with E-state index in [2.05, 4.69) is 24.4 Å². The molecule has 2 aliphatic rings. The third-order valence-corrected chi connectivity index (χ3v) is 6.29. The van der Waals surface area contributed by atoms with Crippen molar-refractivity contribution in [2.24, 2.45) is 5.92 Å². The molecular formula is C14H19NO2S2. The Morgan fingerprint density at radius 3 is 3.05 bits per heavy atom. The molecule has 5 heteroatoms. The number of nitrogens with one attached hydrogen (secondary N) is 1. The molecule has 0 radical (unpaired) electrons. The van der Waals surface area contributed by atoms with Gasteiger partial charge in [0.1, 0.15) is 0 Å². The molecule has 0 spiro atoms. The fourth-order valence-corrected chi connectivity index (χ4v) is 4.92. The van der Waals surface area contributed by atoms with Gasteiger partial charge in [-0.2, -0.15) is 11.8 Å². The Morgan fingerprint density at radius 2 is 2.42 bits per heavy atom. The van der Waals surface area contributed by atoms with Crippen LogP contribution >= 0.6 is 23.1 Å². The van der Waals surface area contributed by atoms with Crippen LogP contribution in [0, 0.1) is 12.8 Å². The van der Waals surface area contributed by atoms with Gasteiger partial charge in [-0.1, -0.05) is 0 Å². The lowest BCUT2D eigenvalue weighted by molar-refractivity contribution is -0.123. The minimum atomic E-state index is -0.676. The Bertz CT molecular complexity index is 480. The second-order valence-electron chi connectivity index (χ2n) is 5.64. The Kier molecular flexibility index (Phi) is 3.62. The fraction of sp³-hybridized carbons (Fsp3) is 0.643. The summed E-state index contributed by atoms with van der Waals surface area (Å²) >= 11 is 3.55. The molecular weight excluding hydrogens is 278 g/mol. The molecule has 2 N–H and O–H groups in total. The number of amides is 1. The average Bonchev–Trinajstić information content (AvgIpc) is 2.89. The number of rotatable bonds is 4. The van der Waals surface area contributed by atoms with Crippen LogP contribution in [0.2, 0.25) is 0 Å². The van der Waals surface area contributed by atoms with Gasteiger partial charge in [0.2, 0.25) is 5.91 Å². The highest BCUT2D eigenvalue weighted by Crippen LogP contribution is 2.49. The third-order valence-electron chi connectivity index (χ3n) is 3.93. The first-order chi connectivity index (χ1) is 9.07. The number of aliphatic hydroxyl groups is 1. The minimum absolute atomic E-state index is 0.112. The number of carbonyl (C=O) groups excluding carboxylic acids is 1. The minimum Gasteiger partial charge on any atom is -0.387 e. The lowest BCUT2D eigenvalue weighted by Crippen LogP contribution is -2.43. The number of thioether (sulfide) groups is 1. The molecule has 3 unspecified atom stereocenters. The zero-order valence-corrected chi connectivity index (χ0v) is 12.6. The summed E-state index contributed by atoms with van der Waals surface area (Å²) in [4.78, 5) is 14.7. The Labute approximate surface area is 121 Å². The van der Waals surface area contributed by atoms with Crippen molar-refractivity contribution in [3.05, 3.63) is 21.9 Å². The van der Waals surface area contributed by atoms with Crippen molar-refractivity contribution in [3.8, 4) is 0 Å². The summed E-state index contributed by atoms with van der Waals surface area (Å²) < 4.78 is 0. The molecule has 1 saturated heterocycles. The van der Waals surface area contributed by atoms with Crippen molar-refractivity contribution in [1.82, 2.24) is 5.32 Å². The van der Waals surface area contributed by atoms with Gasteiger partial charge in [-0.05, 0) is 37.7 Å². The monoisotopic (exact) mass is 297 g/mol. The van der Waals surface area contributed by atoms with Crippen LogP contribution in [0.15, 0.2) is 12.1 Å². The van der Waals surface area contributed by atoms with E-state index in [0.29, 0.717) is 12.5 Å². The molecule has 2 fully saturated rings. The van der Waals surface area contributed by atoms with E-state index in [1.807, 2.05) is 0 Å². The van der Waals surface area contributed by atoms with Crippen LogP contribution in [0.5, 0.6) is 0 Å². The molecule has 3 nitrogen and oxygen atoms in total. The van der Waals surface area contributed by atoms with E-state index < -0.39 is 5.60 Å². The van der Waals surface area contributed by atoms with Crippen molar-refractivity contribution in [3.63, 3.8) is 0 Å². The molecule has 19 heavy (non-hydrogen) atoms. The van der Waals surface area contributed by atoms with Gasteiger partial charge >= 0.3 is 0 Å². The molecule has 1 saturated carbocycles. The smallest absolute Gasteiger partial charge is 0.223 e. The number of hydrogen-bond donors (Lipinski definition) is 2. The van der Waals surface area contributed by atoms with Crippen LogP contribution in [0.4, 0.5) is 0 Å². The number of aryl methyl sites for hydroxylation is 1. The lowest BCUT2D eigenvalue weighted by atomic mass is 10.0. The summed E-state index contributed by atoms with van der Waals surface area (Å²) in [7, 11) is 0. The average molecular weight is 297 g/mol. The van der Waals surface area contributed by atoms with Crippen molar-refractivity contribution in [2.45, 2.75) is 31.3 Å². The maximum Gasteiger partial charge on any atom is 0.223 e. The van der Waals surface area contributed by atoms with E-state index >= 15 is 0 Å². The maximum atomic E-state index is 12.1. The van der Waals surface area contributed by atoms with E-state index in [1.54, 1.807) is 23.1 Å². The van der Waals surface area contributed by atoms with Gasteiger partial charge in [0.25, 0.3) is 0 Å². The van der Waals surface area contributed by atoms with Crippen LogP contribution in [0.25, 0.3) is 0 Å². The summed E-state index contributed by atoms with van der Waals surface area (Å²) in [5.74, 6) is 2.38. The highest BCUT2D eigenvalue weighted by atomic mass is 32.2. The molecule has 1 aromatic heterocycles. The van der Waals surface area contributed by atoms with E-state index in [-0.39, 0.29) is 11.8 Å². The SMILES string of the molecule is Cc1ccc(C2CC2C(=O)NCC2(O)CCSC2)s1. The predicted molar refractivity (Wildman–Crippen MR) is 79.8 cm³/mol. The summed E-state index contributed by atoms with van der Waals surface area (Å²) in [6.45, 7) is 2.50. The van der Waals surface area contributed by atoms with Crippen molar-refractivity contribution in [2.75, 3.05) is 18.1 Å². The van der Waals surface area contributed by atoms with Crippen molar-refractivity contribution in [1.29, 1.82) is 0 Å². The van der Waals surface area contributed by atoms with E-state index in [9.17, 15) is 9.90 Å². The zero-order chi connectivity index (χ0) is 13.5. The molecule has 2 heterocycles. The van der Waals surface area contributed by atoms with Crippen molar-refractivity contribution >= 4 is 29.0 Å². The highest BCUT2D eigenvalue weighted by Gasteiger charge is 2.45. The Hall–Kier alpha value is -0.520. The second-order valence-corrected chi connectivity index (χ2v) is 8.07. The van der Waals surface area contributed by atoms with Crippen LogP contribution < -0.4 is 5.32 Å². The standard InChI is InChI=1S/C14H19NO2S2/c1-9-2-3-12(19-9)10-6-11(10)13(16)15-7-14(17)4-5-18-8-14/h2-3,10-11,17H,4-8H2,1H3,(H,15,16). The van der Waals surface area contributed by atoms with Gasteiger partial charge in [0.05, 0.1) is 5.60 Å². The lowest BCUT2D eigenvalue weighted by Gasteiger charge is -2.21. The van der Waals surface area contributed by atoms with Crippen LogP contribution in [0.3, 0.4) is 0 Å².